The molecule has 1 aliphatic rings. The number of nitrogens with zero attached hydrogens (tertiary/aromatic N) is 2. The largest absolute Gasteiger partial charge is 0.326 e. The maximum Gasteiger partial charge on any atom is 0.225 e. The van der Waals surface area contributed by atoms with E-state index in [0.29, 0.717) is 34.1 Å². The molecule has 2 N–H and O–H groups in total. The number of hydrogen-bond donors (Lipinski definition) is 2. The Kier molecular flexibility index (Phi) is 6.09. The molecule has 3 rings (SSSR count). The first-order valence-electron chi connectivity index (χ1n) is 8.78. The number of nitrogens with one attached hydrogen (secondary N) is 2. The molecule has 1 aliphatic carbocycles. The van der Waals surface area contributed by atoms with Crippen molar-refractivity contribution in [2.45, 2.75) is 37.6 Å². The Morgan fingerprint density at radius 2 is 1.89 bits per heavy atom. The summed E-state index contributed by atoms with van der Waals surface area (Å²) in [6, 6.07) is 11.1. The lowest BCUT2D eigenvalue weighted by atomic mass is 10.2. The standard InChI is InChI=1S/C20H20N4O2S/c1-13(25)22-16-5-7-17(8-6-16)23-19(26)9-10-27-20-15(12-21)11-14-3-2-4-18(14)24-20/h5-8,11H,2-4,9-10H2,1H3,(H,22,25)(H,23,26). The normalized spacial score (nSPS) is 12.1. The van der Waals surface area contributed by atoms with Crippen LogP contribution in [-0.4, -0.2) is 22.6 Å². The molecule has 0 saturated heterocycles. The van der Waals surface area contributed by atoms with Crippen LogP contribution in [0.25, 0.3) is 0 Å². The smallest absolute Gasteiger partial charge is 0.225 e. The molecule has 6 nitrogen and oxygen atoms in total. The lowest BCUT2D eigenvalue weighted by Gasteiger charge is -2.08. The van der Waals surface area contributed by atoms with Gasteiger partial charge in [0.2, 0.25) is 11.8 Å². The minimum absolute atomic E-state index is 0.102. The van der Waals surface area contributed by atoms with Crippen molar-refractivity contribution in [3.63, 3.8) is 0 Å². The number of hydrogen-bond acceptors (Lipinski definition) is 5. The van der Waals surface area contributed by atoms with Crippen molar-refractivity contribution < 1.29 is 9.59 Å². The average Bonchev–Trinajstić information content (AvgIpc) is 3.09. The second-order valence-electron chi connectivity index (χ2n) is 6.32. The number of anilines is 2. The molecule has 138 valence electrons. The molecule has 27 heavy (non-hydrogen) atoms. The summed E-state index contributed by atoms with van der Waals surface area (Å²) in [6.07, 6.45) is 3.36. The average molecular weight is 380 g/mol. The van der Waals surface area contributed by atoms with Crippen LogP contribution >= 0.6 is 11.8 Å². The predicted molar refractivity (Wildman–Crippen MR) is 106 cm³/mol. The zero-order valence-corrected chi connectivity index (χ0v) is 15.9. The highest BCUT2D eigenvalue weighted by Crippen LogP contribution is 2.28. The van der Waals surface area contributed by atoms with Crippen LogP contribution in [0.5, 0.6) is 0 Å². The van der Waals surface area contributed by atoms with Crippen LogP contribution in [0.3, 0.4) is 0 Å². The number of thioether (sulfide) groups is 1. The zero-order valence-electron chi connectivity index (χ0n) is 15.0. The van der Waals surface area contributed by atoms with Gasteiger partial charge in [0.15, 0.2) is 0 Å². The van der Waals surface area contributed by atoms with Gasteiger partial charge in [-0.05, 0) is 55.2 Å². The number of aromatic nitrogens is 1. The van der Waals surface area contributed by atoms with E-state index in [9.17, 15) is 14.9 Å². The molecule has 2 aromatic rings. The van der Waals surface area contributed by atoms with E-state index >= 15 is 0 Å². The van der Waals surface area contributed by atoms with E-state index in [0.717, 1.165) is 25.0 Å². The first-order chi connectivity index (χ1) is 13.0. The Morgan fingerprint density at radius 1 is 1.19 bits per heavy atom. The van der Waals surface area contributed by atoms with Crippen molar-refractivity contribution in [1.29, 1.82) is 5.26 Å². The minimum atomic E-state index is -0.138. The molecule has 0 saturated carbocycles. The van der Waals surface area contributed by atoms with Gasteiger partial charge >= 0.3 is 0 Å². The Hall–Kier alpha value is -2.85. The highest BCUT2D eigenvalue weighted by molar-refractivity contribution is 7.99. The second-order valence-corrected chi connectivity index (χ2v) is 7.40. The second kappa shape index (κ2) is 8.69. The lowest BCUT2D eigenvalue weighted by molar-refractivity contribution is -0.116. The number of benzene rings is 1. The molecule has 0 aliphatic heterocycles. The van der Waals surface area contributed by atoms with Crippen LogP contribution in [0.2, 0.25) is 0 Å². The van der Waals surface area contributed by atoms with E-state index in [1.165, 1.54) is 24.2 Å². The molecule has 0 atom stereocenters. The van der Waals surface area contributed by atoms with E-state index in [2.05, 4.69) is 21.7 Å². The van der Waals surface area contributed by atoms with Gasteiger partial charge in [-0.1, -0.05) is 0 Å². The lowest BCUT2D eigenvalue weighted by Crippen LogP contribution is -2.12. The Morgan fingerprint density at radius 3 is 2.56 bits per heavy atom. The van der Waals surface area contributed by atoms with Crippen LogP contribution < -0.4 is 10.6 Å². The summed E-state index contributed by atoms with van der Waals surface area (Å²) >= 11 is 1.44. The number of pyridine rings is 1. The number of amides is 2. The first kappa shape index (κ1) is 18.9. The molecular formula is C20H20N4O2S. The molecule has 0 spiro atoms. The monoisotopic (exact) mass is 380 g/mol. The van der Waals surface area contributed by atoms with Gasteiger partial charge < -0.3 is 10.6 Å². The molecule has 7 heteroatoms. The Bertz CT molecular complexity index is 903. The summed E-state index contributed by atoms with van der Waals surface area (Å²) in [6.45, 7) is 1.45. The minimum Gasteiger partial charge on any atom is -0.326 e. The fourth-order valence-electron chi connectivity index (χ4n) is 2.95. The van der Waals surface area contributed by atoms with Gasteiger partial charge in [0.1, 0.15) is 11.1 Å². The maximum atomic E-state index is 12.1. The molecule has 0 radical (unpaired) electrons. The van der Waals surface area contributed by atoms with Crippen LogP contribution in [0.4, 0.5) is 11.4 Å². The number of carbonyl (C=O) groups is 2. The van der Waals surface area contributed by atoms with Crippen LogP contribution in [0, 0.1) is 11.3 Å². The first-order valence-corrected chi connectivity index (χ1v) is 9.77. The van der Waals surface area contributed by atoms with Gasteiger partial charge in [-0.3, -0.25) is 9.59 Å². The van der Waals surface area contributed by atoms with Gasteiger partial charge in [0.25, 0.3) is 0 Å². The molecule has 0 bridgehead atoms. The van der Waals surface area contributed by atoms with E-state index in [4.69, 9.17) is 0 Å². The summed E-state index contributed by atoms with van der Waals surface area (Å²) in [5, 5.41) is 15.5. The summed E-state index contributed by atoms with van der Waals surface area (Å²) in [4.78, 5) is 27.8. The van der Waals surface area contributed by atoms with E-state index in [1.807, 2.05) is 6.07 Å². The van der Waals surface area contributed by atoms with Gasteiger partial charge in [-0.25, -0.2) is 4.98 Å². The third kappa shape index (κ3) is 5.08. The highest BCUT2D eigenvalue weighted by atomic mass is 32.2. The molecule has 0 fully saturated rings. The Labute approximate surface area is 162 Å². The van der Waals surface area contributed by atoms with E-state index in [-0.39, 0.29) is 11.8 Å². The van der Waals surface area contributed by atoms with Gasteiger partial charge in [0, 0.05) is 36.2 Å². The van der Waals surface area contributed by atoms with E-state index < -0.39 is 0 Å². The zero-order chi connectivity index (χ0) is 19.2. The molecule has 1 aromatic heterocycles. The summed E-state index contributed by atoms with van der Waals surface area (Å²) in [5.74, 6) is 0.311. The quantitative estimate of drug-likeness (QED) is 0.748. The van der Waals surface area contributed by atoms with E-state index in [1.54, 1.807) is 24.3 Å². The van der Waals surface area contributed by atoms with Crippen molar-refractivity contribution >= 4 is 35.0 Å². The molecular weight excluding hydrogens is 360 g/mol. The number of aryl methyl sites for hydroxylation is 2. The van der Waals surface area contributed by atoms with Gasteiger partial charge in [0.05, 0.1) is 5.56 Å². The van der Waals surface area contributed by atoms with Crippen molar-refractivity contribution in [3.8, 4) is 6.07 Å². The summed E-state index contributed by atoms with van der Waals surface area (Å²) < 4.78 is 0. The third-order valence-corrected chi connectivity index (χ3v) is 5.19. The third-order valence-electron chi connectivity index (χ3n) is 4.19. The Balaban J connectivity index is 1.51. The van der Waals surface area contributed by atoms with Gasteiger partial charge in [-0.15, -0.1) is 11.8 Å². The SMILES string of the molecule is CC(=O)Nc1ccc(NC(=O)CCSc2nc3c(cc2C#N)CCC3)cc1. The van der Waals surface area contributed by atoms with Crippen LogP contribution in [0.15, 0.2) is 35.4 Å². The van der Waals surface area contributed by atoms with Crippen molar-refractivity contribution in [2.75, 3.05) is 16.4 Å². The van der Waals surface area contributed by atoms with Crippen LogP contribution in [-0.2, 0) is 22.4 Å². The molecule has 2 amide bonds. The van der Waals surface area contributed by atoms with Crippen LogP contribution in [0.1, 0.15) is 36.6 Å². The highest BCUT2D eigenvalue weighted by Gasteiger charge is 2.17. The fraction of sp³-hybridized carbons (Fsp3) is 0.300. The predicted octanol–water partition coefficient (Wildman–Crippen LogP) is 3.52. The van der Waals surface area contributed by atoms with Gasteiger partial charge in [-0.2, -0.15) is 5.26 Å². The van der Waals surface area contributed by atoms with Crippen molar-refractivity contribution in [3.05, 3.63) is 47.2 Å². The van der Waals surface area contributed by atoms with Crippen molar-refractivity contribution in [1.82, 2.24) is 4.98 Å². The fourth-order valence-corrected chi connectivity index (χ4v) is 3.86. The molecule has 1 aromatic carbocycles. The topological polar surface area (TPSA) is 94.9 Å². The number of carbonyl (C=O) groups excluding carboxylic acids is 2. The molecule has 0 unspecified atom stereocenters. The maximum absolute atomic E-state index is 12.1. The van der Waals surface area contributed by atoms with Crippen molar-refractivity contribution in [2.24, 2.45) is 0 Å². The number of nitriles is 1. The number of fused-ring (bicyclic) bond motifs is 1. The molecule has 1 heterocycles. The number of rotatable bonds is 6. The summed E-state index contributed by atoms with van der Waals surface area (Å²) in [7, 11) is 0. The summed E-state index contributed by atoms with van der Waals surface area (Å²) in [5.41, 5.74) is 4.21.